The Balaban J connectivity index is 1.47. The van der Waals surface area contributed by atoms with Crippen LogP contribution in [0.15, 0.2) is 48.1 Å². The van der Waals surface area contributed by atoms with Gasteiger partial charge >= 0.3 is 5.97 Å². The number of carbonyl (C=O) groups is 1. The predicted octanol–water partition coefficient (Wildman–Crippen LogP) is 5.83. The fourth-order valence-corrected chi connectivity index (χ4v) is 4.68. The first-order chi connectivity index (χ1) is 15.9. The molecule has 0 fully saturated rings. The molecule has 0 bridgehead atoms. The molecule has 6 nitrogen and oxygen atoms in total. The van der Waals surface area contributed by atoms with Crippen molar-refractivity contribution in [2.75, 3.05) is 18.5 Å². The molecule has 0 saturated heterocycles. The number of benzene rings is 2. The maximum absolute atomic E-state index is 14.3. The van der Waals surface area contributed by atoms with E-state index in [2.05, 4.69) is 15.3 Å². The van der Waals surface area contributed by atoms with Crippen LogP contribution >= 0.6 is 22.9 Å². The molecule has 0 unspecified atom stereocenters. The van der Waals surface area contributed by atoms with Crippen LogP contribution in [0.5, 0.6) is 5.75 Å². The van der Waals surface area contributed by atoms with Gasteiger partial charge in [-0.3, -0.25) is 4.79 Å². The number of anilines is 1. The lowest BCUT2D eigenvalue weighted by atomic mass is 10.1. The Kier molecular flexibility index (Phi) is 7.05. The summed E-state index contributed by atoms with van der Waals surface area (Å²) >= 11 is 7.46. The van der Waals surface area contributed by atoms with Crippen molar-refractivity contribution in [1.82, 2.24) is 9.97 Å². The second-order valence-corrected chi connectivity index (χ2v) is 8.62. The molecule has 0 radical (unpaired) electrons. The van der Waals surface area contributed by atoms with Crippen molar-refractivity contribution in [2.24, 2.45) is 0 Å². The molecule has 0 aliphatic rings. The Bertz CT molecular complexity index is 1310. The average Bonchev–Trinajstić information content (AvgIpc) is 3.16. The third kappa shape index (κ3) is 5.40. The SMILES string of the molecule is CCOc1cc(-c2cc(NCCc3cc(F)c4scc(Cl)c4c3)ncn2)ccc1CC(=O)O. The normalized spacial score (nSPS) is 11.0. The largest absolute Gasteiger partial charge is 0.494 e. The van der Waals surface area contributed by atoms with Gasteiger partial charge in [0.15, 0.2) is 0 Å². The summed E-state index contributed by atoms with van der Waals surface area (Å²) < 4.78 is 20.5. The summed E-state index contributed by atoms with van der Waals surface area (Å²) in [6.45, 7) is 2.82. The Labute approximate surface area is 199 Å². The van der Waals surface area contributed by atoms with E-state index in [1.165, 1.54) is 23.7 Å². The summed E-state index contributed by atoms with van der Waals surface area (Å²) in [7, 11) is 0. The molecular formula is C24H21ClFN3O3S. The van der Waals surface area contributed by atoms with E-state index in [-0.39, 0.29) is 12.2 Å². The number of halogens is 2. The first-order valence-corrected chi connectivity index (χ1v) is 11.6. The summed E-state index contributed by atoms with van der Waals surface area (Å²) in [5.41, 5.74) is 2.92. The number of aliphatic carboxylic acids is 1. The standard InChI is InChI=1S/C24H21ClFN3O3S/c1-2-32-21-9-15(3-4-16(21)10-23(30)31)20-11-22(29-13-28-20)27-6-5-14-7-17-18(25)12-33-24(17)19(26)8-14/h3-4,7-9,11-13H,2,5-6,10H2,1H3,(H,30,31)(H,27,28,29). The van der Waals surface area contributed by atoms with E-state index in [0.717, 1.165) is 16.5 Å². The summed E-state index contributed by atoms with van der Waals surface area (Å²) in [4.78, 5) is 19.7. The summed E-state index contributed by atoms with van der Waals surface area (Å²) in [5.74, 6) is -0.0320. The number of thiophene rings is 1. The Morgan fingerprint density at radius 1 is 1.24 bits per heavy atom. The zero-order valence-corrected chi connectivity index (χ0v) is 19.3. The Morgan fingerprint density at radius 2 is 2.09 bits per heavy atom. The molecule has 0 aliphatic carbocycles. The van der Waals surface area contributed by atoms with Crippen molar-refractivity contribution in [3.8, 4) is 17.0 Å². The van der Waals surface area contributed by atoms with E-state index in [0.29, 0.717) is 52.1 Å². The van der Waals surface area contributed by atoms with Gasteiger partial charge in [-0.1, -0.05) is 23.7 Å². The average molecular weight is 486 g/mol. The van der Waals surface area contributed by atoms with E-state index >= 15 is 0 Å². The smallest absolute Gasteiger partial charge is 0.307 e. The number of rotatable bonds is 9. The van der Waals surface area contributed by atoms with Crippen molar-refractivity contribution in [2.45, 2.75) is 19.8 Å². The fraction of sp³-hybridized carbons (Fsp3) is 0.208. The minimum Gasteiger partial charge on any atom is -0.494 e. The second kappa shape index (κ2) is 10.1. The van der Waals surface area contributed by atoms with Crippen LogP contribution in [-0.4, -0.2) is 34.2 Å². The van der Waals surface area contributed by atoms with E-state index in [1.54, 1.807) is 23.6 Å². The molecule has 4 aromatic rings. The van der Waals surface area contributed by atoms with Crippen LogP contribution in [0.2, 0.25) is 5.02 Å². The number of carboxylic acids is 1. The molecule has 2 aromatic heterocycles. The van der Waals surface area contributed by atoms with E-state index < -0.39 is 5.97 Å². The van der Waals surface area contributed by atoms with Crippen molar-refractivity contribution < 1.29 is 19.0 Å². The minimum atomic E-state index is -0.919. The van der Waals surface area contributed by atoms with Crippen LogP contribution in [0.25, 0.3) is 21.3 Å². The Morgan fingerprint density at radius 3 is 2.88 bits per heavy atom. The van der Waals surface area contributed by atoms with Crippen molar-refractivity contribution in [1.29, 1.82) is 0 Å². The molecule has 0 atom stereocenters. The maximum Gasteiger partial charge on any atom is 0.307 e. The lowest BCUT2D eigenvalue weighted by Gasteiger charge is -2.12. The number of ether oxygens (including phenoxy) is 1. The first-order valence-electron chi connectivity index (χ1n) is 10.3. The minimum absolute atomic E-state index is 0.116. The van der Waals surface area contributed by atoms with Gasteiger partial charge in [0.1, 0.15) is 23.7 Å². The van der Waals surface area contributed by atoms with Gasteiger partial charge in [-0.25, -0.2) is 14.4 Å². The van der Waals surface area contributed by atoms with Crippen LogP contribution in [0.4, 0.5) is 10.2 Å². The lowest BCUT2D eigenvalue weighted by molar-refractivity contribution is -0.136. The van der Waals surface area contributed by atoms with Crippen molar-refractivity contribution in [3.63, 3.8) is 0 Å². The van der Waals surface area contributed by atoms with Crippen molar-refractivity contribution >= 4 is 44.8 Å². The molecule has 4 rings (SSSR count). The number of hydrogen-bond donors (Lipinski definition) is 2. The number of carboxylic acid groups (broad SMARTS) is 1. The van der Waals surface area contributed by atoms with Gasteiger partial charge in [-0.15, -0.1) is 11.3 Å². The highest BCUT2D eigenvalue weighted by Crippen LogP contribution is 2.33. The third-order valence-corrected chi connectivity index (χ3v) is 6.48. The fourth-order valence-electron chi connectivity index (χ4n) is 3.52. The van der Waals surface area contributed by atoms with Crippen molar-refractivity contribution in [3.05, 3.63) is 70.1 Å². The third-order valence-electron chi connectivity index (χ3n) is 5.03. The van der Waals surface area contributed by atoms with Gasteiger partial charge in [-0.05, 0) is 37.1 Å². The van der Waals surface area contributed by atoms with Gasteiger partial charge < -0.3 is 15.2 Å². The molecule has 170 valence electrons. The van der Waals surface area contributed by atoms with Crippen LogP contribution in [0.1, 0.15) is 18.1 Å². The van der Waals surface area contributed by atoms with Crippen LogP contribution in [0.3, 0.4) is 0 Å². The van der Waals surface area contributed by atoms with E-state index in [1.807, 2.05) is 19.1 Å². The molecule has 33 heavy (non-hydrogen) atoms. The van der Waals surface area contributed by atoms with Crippen LogP contribution in [-0.2, 0) is 17.6 Å². The zero-order chi connectivity index (χ0) is 23.4. The molecular weight excluding hydrogens is 465 g/mol. The molecule has 2 N–H and O–H groups in total. The van der Waals surface area contributed by atoms with Gasteiger partial charge in [0.25, 0.3) is 0 Å². The van der Waals surface area contributed by atoms with Gasteiger partial charge in [0.2, 0.25) is 0 Å². The molecule has 2 aromatic carbocycles. The monoisotopic (exact) mass is 485 g/mol. The molecule has 9 heteroatoms. The van der Waals surface area contributed by atoms with Crippen LogP contribution in [0, 0.1) is 5.82 Å². The first kappa shape index (κ1) is 22.9. The summed E-state index contributed by atoms with van der Waals surface area (Å²) in [6.07, 6.45) is 1.94. The number of aromatic nitrogens is 2. The molecule has 0 spiro atoms. The highest BCUT2D eigenvalue weighted by molar-refractivity contribution is 7.17. The molecule has 0 amide bonds. The van der Waals surface area contributed by atoms with E-state index in [9.17, 15) is 9.18 Å². The maximum atomic E-state index is 14.3. The molecule has 0 aliphatic heterocycles. The number of nitrogens with zero attached hydrogens (tertiary/aromatic N) is 2. The number of fused-ring (bicyclic) bond motifs is 1. The lowest BCUT2D eigenvalue weighted by Crippen LogP contribution is -2.07. The number of nitrogens with one attached hydrogen (secondary N) is 1. The predicted molar refractivity (Wildman–Crippen MR) is 129 cm³/mol. The highest BCUT2D eigenvalue weighted by atomic mass is 35.5. The molecule has 2 heterocycles. The summed E-state index contributed by atoms with van der Waals surface area (Å²) in [5, 5.41) is 15.4. The van der Waals surface area contributed by atoms with E-state index in [4.69, 9.17) is 21.4 Å². The van der Waals surface area contributed by atoms with Gasteiger partial charge in [-0.2, -0.15) is 0 Å². The highest BCUT2D eigenvalue weighted by Gasteiger charge is 2.12. The van der Waals surface area contributed by atoms with Gasteiger partial charge in [0, 0.05) is 34.5 Å². The molecule has 0 saturated carbocycles. The zero-order valence-electron chi connectivity index (χ0n) is 17.8. The summed E-state index contributed by atoms with van der Waals surface area (Å²) in [6, 6.07) is 10.6. The number of hydrogen-bond acceptors (Lipinski definition) is 6. The second-order valence-electron chi connectivity index (χ2n) is 7.33. The topological polar surface area (TPSA) is 84.3 Å². The Hall–Kier alpha value is -3.23. The van der Waals surface area contributed by atoms with Gasteiger partial charge in [0.05, 0.1) is 28.4 Å². The van der Waals surface area contributed by atoms with Crippen LogP contribution < -0.4 is 10.1 Å². The quantitative estimate of drug-likeness (QED) is 0.310.